The summed E-state index contributed by atoms with van der Waals surface area (Å²) in [4.78, 5) is 12.0. The summed E-state index contributed by atoms with van der Waals surface area (Å²) in [5.41, 5.74) is 7.64. The van der Waals surface area contributed by atoms with Crippen LogP contribution in [0.25, 0.3) is 0 Å². The number of phenols is 1. The molecule has 0 radical (unpaired) electrons. The van der Waals surface area contributed by atoms with Crippen LogP contribution in [0.1, 0.15) is 28.9 Å². The molecule has 4 heteroatoms. The van der Waals surface area contributed by atoms with E-state index in [0.29, 0.717) is 5.69 Å². The molecule has 1 atom stereocenters. The van der Waals surface area contributed by atoms with Gasteiger partial charge in [-0.1, -0.05) is 24.3 Å². The summed E-state index contributed by atoms with van der Waals surface area (Å²) in [6.07, 6.45) is 0. The highest BCUT2D eigenvalue weighted by Crippen LogP contribution is 2.19. The molecule has 0 aliphatic heterocycles. The van der Waals surface area contributed by atoms with E-state index in [1.165, 1.54) is 6.07 Å². The van der Waals surface area contributed by atoms with Gasteiger partial charge in [-0.15, -0.1) is 0 Å². The van der Waals surface area contributed by atoms with Crippen molar-refractivity contribution in [2.75, 3.05) is 5.32 Å². The lowest BCUT2D eigenvalue weighted by Crippen LogP contribution is -2.13. The number of benzene rings is 2. The van der Waals surface area contributed by atoms with Gasteiger partial charge in [0.1, 0.15) is 5.75 Å². The van der Waals surface area contributed by atoms with Gasteiger partial charge in [0.15, 0.2) is 0 Å². The van der Waals surface area contributed by atoms with Crippen molar-refractivity contribution < 1.29 is 9.90 Å². The van der Waals surface area contributed by atoms with Crippen LogP contribution < -0.4 is 11.1 Å². The third-order valence-corrected chi connectivity index (χ3v) is 2.82. The Morgan fingerprint density at radius 1 is 1.21 bits per heavy atom. The Hall–Kier alpha value is -2.33. The van der Waals surface area contributed by atoms with E-state index in [0.717, 1.165) is 5.56 Å². The van der Waals surface area contributed by atoms with Gasteiger partial charge in [-0.2, -0.15) is 0 Å². The third-order valence-electron chi connectivity index (χ3n) is 2.82. The standard InChI is InChI=1S/C15H16N2O2/c1-10(16)11-5-4-6-12(9-11)17-15(19)13-7-2-3-8-14(13)18/h2-10,18H,16H2,1H3,(H,17,19). The highest BCUT2D eigenvalue weighted by molar-refractivity contribution is 6.06. The molecule has 0 spiro atoms. The number of hydrogen-bond acceptors (Lipinski definition) is 3. The fraction of sp³-hybridized carbons (Fsp3) is 0.133. The molecule has 0 heterocycles. The summed E-state index contributed by atoms with van der Waals surface area (Å²) < 4.78 is 0. The van der Waals surface area contributed by atoms with Crippen LogP contribution >= 0.6 is 0 Å². The fourth-order valence-corrected chi connectivity index (χ4v) is 1.76. The van der Waals surface area contributed by atoms with Crippen LogP contribution in [0, 0.1) is 0 Å². The molecule has 2 aromatic rings. The maximum Gasteiger partial charge on any atom is 0.259 e. The molecule has 0 saturated heterocycles. The van der Waals surface area contributed by atoms with Crippen LogP contribution in [-0.2, 0) is 0 Å². The lowest BCUT2D eigenvalue weighted by atomic mass is 10.1. The van der Waals surface area contributed by atoms with Crippen LogP contribution in [0.4, 0.5) is 5.69 Å². The number of rotatable bonds is 3. The second-order valence-corrected chi connectivity index (χ2v) is 4.39. The van der Waals surface area contributed by atoms with Crippen LogP contribution in [0.3, 0.4) is 0 Å². The first-order valence-electron chi connectivity index (χ1n) is 6.03. The Labute approximate surface area is 111 Å². The van der Waals surface area contributed by atoms with Crippen LogP contribution in [-0.4, -0.2) is 11.0 Å². The molecule has 0 aliphatic rings. The molecule has 0 aliphatic carbocycles. The monoisotopic (exact) mass is 256 g/mol. The van der Waals surface area contributed by atoms with Crippen molar-refractivity contribution in [3.05, 3.63) is 59.7 Å². The Morgan fingerprint density at radius 2 is 1.95 bits per heavy atom. The number of amides is 1. The maximum atomic E-state index is 12.0. The summed E-state index contributed by atoms with van der Waals surface area (Å²) in [5.74, 6) is -0.386. The molecule has 19 heavy (non-hydrogen) atoms. The van der Waals surface area contributed by atoms with Crippen LogP contribution in [0.2, 0.25) is 0 Å². The summed E-state index contributed by atoms with van der Waals surface area (Å²) in [5, 5.41) is 12.4. The fourth-order valence-electron chi connectivity index (χ4n) is 1.76. The van der Waals surface area contributed by atoms with E-state index in [-0.39, 0.29) is 23.3 Å². The molecule has 98 valence electrons. The number of aromatic hydroxyl groups is 1. The van der Waals surface area contributed by atoms with Crippen molar-refractivity contribution in [3.8, 4) is 5.75 Å². The normalized spacial score (nSPS) is 11.9. The molecule has 0 aromatic heterocycles. The van der Waals surface area contributed by atoms with Gasteiger partial charge < -0.3 is 16.2 Å². The first-order valence-corrected chi connectivity index (χ1v) is 6.03. The van der Waals surface area contributed by atoms with Crippen molar-refractivity contribution in [1.29, 1.82) is 0 Å². The van der Waals surface area contributed by atoms with E-state index in [2.05, 4.69) is 5.32 Å². The molecular formula is C15H16N2O2. The third kappa shape index (κ3) is 3.11. The predicted octanol–water partition coefficient (Wildman–Crippen LogP) is 2.66. The number of hydrogen-bond donors (Lipinski definition) is 3. The number of phenolic OH excluding ortho intramolecular Hbond substituents is 1. The molecule has 4 nitrogen and oxygen atoms in total. The minimum atomic E-state index is -0.347. The second kappa shape index (κ2) is 5.54. The van der Waals surface area contributed by atoms with Gasteiger partial charge in [0, 0.05) is 11.7 Å². The number of para-hydroxylation sites is 1. The van der Waals surface area contributed by atoms with Crippen molar-refractivity contribution in [2.45, 2.75) is 13.0 Å². The average Bonchev–Trinajstić information content (AvgIpc) is 2.39. The SMILES string of the molecule is CC(N)c1cccc(NC(=O)c2ccccc2O)c1. The van der Waals surface area contributed by atoms with Gasteiger partial charge in [0.2, 0.25) is 0 Å². The van der Waals surface area contributed by atoms with E-state index in [4.69, 9.17) is 5.73 Å². The van der Waals surface area contributed by atoms with E-state index in [1.54, 1.807) is 24.3 Å². The van der Waals surface area contributed by atoms with Crippen LogP contribution in [0.15, 0.2) is 48.5 Å². The Morgan fingerprint density at radius 3 is 2.63 bits per heavy atom. The van der Waals surface area contributed by atoms with Gasteiger partial charge in [-0.25, -0.2) is 0 Å². The molecule has 0 bridgehead atoms. The highest BCUT2D eigenvalue weighted by atomic mass is 16.3. The lowest BCUT2D eigenvalue weighted by molar-refractivity contribution is 0.102. The molecule has 1 amide bonds. The molecule has 0 fully saturated rings. The van der Waals surface area contributed by atoms with Gasteiger partial charge >= 0.3 is 0 Å². The molecular weight excluding hydrogens is 240 g/mol. The Bertz CT molecular complexity index is 594. The molecule has 1 unspecified atom stereocenters. The van der Waals surface area contributed by atoms with Crippen molar-refractivity contribution >= 4 is 11.6 Å². The van der Waals surface area contributed by atoms with E-state index in [9.17, 15) is 9.90 Å². The van der Waals surface area contributed by atoms with Crippen LogP contribution in [0.5, 0.6) is 5.75 Å². The molecule has 4 N–H and O–H groups in total. The minimum Gasteiger partial charge on any atom is -0.507 e. The maximum absolute atomic E-state index is 12.0. The zero-order chi connectivity index (χ0) is 13.8. The lowest BCUT2D eigenvalue weighted by Gasteiger charge is -2.10. The smallest absolute Gasteiger partial charge is 0.259 e. The number of nitrogens with one attached hydrogen (secondary N) is 1. The topological polar surface area (TPSA) is 75.3 Å². The summed E-state index contributed by atoms with van der Waals surface area (Å²) >= 11 is 0. The van der Waals surface area contributed by atoms with Crippen molar-refractivity contribution in [3.63, 3.8) is 0 Å². The van der Waals surface area contributed by atoms with E-state index >= 15 is 0 Å². The number of carbonyl (C=O) groups is 1. The van der Waals surface area contributed by atoms with Gasteiger partial charge in [0.05, 0.1) is 5.56 Å². The second-order valence-electron chi connectivity index (χ2n) is 4.39. The van der Waals surface area contributed by atoms with E-state index in [1.807, 2.05) is 25.1 Å². The number of anilines is 1. The van der Waals surface area contributed by atoms with Gasteiger partial charge in [-0.05, 0) is 36.8 Å². The highest BCUT2D eigenvalue weighted by Gasteiger charge is 2.10. The molecule has 0 saturated carbocycles. The summed E-state index contributed by atoms with van der Waals surface area (Å²) in [6.45, 7) is 1.88. The Balaban J connectivity index is 2.20. The van der Waals surface area contributed by atoms with Crippen molar-refractivity contribution in [2.24, 2.45) is 5.73 Å². The van der Waals surface area contributed by atoms with Gasteiger partial charge in [0.25, 0.3) is 5.91 Å². The predicted molar refractivity (Wildman–Crippen MR) is 75.1 cm³/mol. The first kappa shape index (κ1) is 13.1. The Kier molecular flexibility index (Phi) is 3.82. The number of nitrogens with two attached hydrogens (primary N) is 1. The summed E-state index contributed by atoms with van der Waals surface area (Å²) in [6, 6.07) is 13.7. The molecule has 2 rings (SSSR count). The van der Waals surface area contributed by atoms with E-state index < -0.39 is 0 Å². The quantitative estimate of drug-likeness (QED) is 0.790. The first-order chi connectivity index (χ1) is 9.08. The summed E-state index contributed by atoms with van der Waals surface area (Å²) in [7, 11) is 0. The minimum absolute atomic E-state index is 0.0386. The van der Waals surface area contributed by atoms with Gasteiger partial charge in [-0.3, -0.25) is 4.79 Å². The zero-order valence-corrected chi connectivity index (χ0v) is 10.6. The zero-order valence-electron chi connectivity index (χ0n) is 10.6. The van der Waals surface area contributed by atoms with Crippen molar-refractivity contribution in [1.82, 2.24) is 0 Å². The molecule has 2 aromatic carbocycles. The average molecular weight is 256 g/mol. The number of carbonyl (C=O) groups excluding carboxylic acids is 1. The largest absolute Gasteiger partial charge is 0.507 e.